The van der Waals surface area contributed by atoms with Crippen LogP contribution < -0.4 is 16.8 Å². The van der Waals surface area contributed by atoms with E-state index < -0.39 is 0 Å². The third kappa shape index (κ3) is 10.8. The van der Waals surface area contributed by atoms with Gasteiger partial charge in [-0.1, -0.05) is 49.0 Å². The van der Waals surface area contributed by atoms with E-state index in [4.69, 9.17) is 21.0 Å². The maximum Gasteiger partial charge on any atom is 0.142 e. The number of aromatic nitrogens is 1. The molecule has 1 aliphatic rings. The highest BCUT2D eigenvalue weighted by Crippen LogP contribution is 2.31. The van der Waals surface area contributed by atoms with Crippen molar-refractivity contribution in [3.05, 3.63) is 84.6 Å². The lowest BCUT2D eigenvalue weighted by atomic mass is 10.0. The van der Waals surface area contributed by atoms with Crippen molar-refractivity contribution in [3.63, 3.8) is 0 Å². The highest BCUT2D eigenvalue weighted by atomic mass is 16.5. The summed E-state index contributed by atoms with van der Waals surface area (Å²) in [6.45, 7) is 5.11. The molecule has 0 atom stereocenters. The van der Waals surface area contributed by atoms with Crippen LogP contribution in [-0.4, -0.2) is 43.7 Å². The number of anilines is 1. The first-order chi connectivity index (χ1) is 17.0. The Morgan fingerprint density at radius 1 is 1.06 bits per heavy atom. The molecule has 0 bridgehead atoms. The Kier molecular flexibility index (Phi) is 14.7. The minimum absolute atomic E-state index is 0.145. The number of benzene rings is 2. The lowest BCUT2D eigenvalue weighted by molar-refractivity contribution is -0.104. The summed E-state index contributed by atoms with van der Waals surface area (Å²) >= 11 is 0. The number of hydrogen-bond donors (Lipinski definition) is 5. The maximum atomic E-state index is 9.91. The third-order valence-corrected chi connectivity index (χ3v) is 4.73. The number of aldehydes is 1. The van der Waals surface area contributed by atoms with Gasteiger partial charge in [-0.05, 0) is 63.2 Å². The van der Waals surface area contributed by atoms with Crippen molar-refractivity contribution in [3.8, 4) is 16.9 Å². The maximum absolute atomic E-state index is 9.91. The van der Waals surface area contributed by atoms with E-state index in [9.17, 15) is 5.11 Å². The highest BCUT2D eigenvalue weighted by molar-refractivity contribution is 5.90. The third-order valence-electron chi connectivity index (χ3n) is 4.73. The number of aromatic amines is 1. The van der Waals surface area contributed by atoms with Crippen LogP contribution in [0, 0.1) is 0 Å². The summed E-state index contributed by atoms with van der Waals surface area (Å²) < 4.78 is 5.07. The van der Waals surface area contributed by atoms with Gasteiger partial charge in [-0.2, -0.15) is 0 Å². The van der Waals surface area contributed by atoms with E-state index in [0.717, 1.165) is 29.9 Å². The molecule has 0 spiro atoms. The number of nitrogens with one attached hydrogen (secondary N) is 2. The Labute approximate surface area is 208 Å². The number of rotatable bonds is 4. The van der Waals surface area contributed by atoms with Crippen LogP contribution in [0.2, 0.25) is 0 Å². The van der Waals surface area contributed by atoms with Gasteiger partial charge in [0.2, 0.25) is 0 Å². The normalized spacial score (nSPS) is 12.5. The van der Waals surface area contributed by atoms with Crippen molar-refractivity contribution in [2.24, 2.45) is 5.73 Å². The molecule has 7 N–H and O–H groups in total. The van der Waals surface area contributed by atoms with E-state index >= 15 is 0 Å². The zero-order chi connectivity index (χ0) is 25.9. The van der Waals surface area contributed by atoms with Crippen LogP contribution in [0.3, 0.4) is 0 Å². The Bertz CT molecular complexity index is 1010. The number of carbonyl (C=O) groups excluding carboxylic acids is 1. The zero-order valence-electron chi connectivity index (χ0n) is 20.7. The van der Waals surface area contributed by atoms with Crippen LogP contribution in [-0.2, 0) is 9.53 Å². The number of phenols is 1. The second-order valence-electron chi connectivity index (χ2n) is 7.56. The molecule has 7 nitrogen and oxygen atoms in total. The number of para-hydroxylation sites is 1. The lowest BCUT2D eigenvalue weighted by Crippen LogP contribution is -2.03. The van der Waals surface area contributed by atoms with E-state index in [-0.39, 0.29) is 5.75 Å². The van der Waals surface area contributed by atoms with Gasteiger partial charge in [0.1, 0.15) is 17.9 Å². The summed E-state index contributed by atoms with van der Waals surface area (Å²) in [5.74, 6) is 0.684. The first-order valence-corrected chi connectivity index (χ1v) is 11.5. The molecule has 0 saturated carbocycles. The molecule has 7 heteroatoms. The average molecular weight is 479 g/mol. The number of phenolic OH excluding ortho intramolecular Hbond substituents is 1. The van der Waals surface area contributed by atoms with Crippen LogP contribution >= 0.6 is 0 Å². The molecule has 3 aromatic rings. The quantitative estimate of drug-likeness (QED) is 0.270. The summed E-state index contributed by atoms with van der Waals surface area (Å²) in [5, 5.41) is 12.7. The predicted molar refractivity (Wildman–Crippen MR) is 147 cm³/mol. The zero-order valence-corrected chi connectivity index (χ0v) is 20.7. The summed E-state index contributed by atoms with van der Waals surface area (Å²) in [6, 6.07) is 16.9. The Balaban J connectivity index is 0.000000387. The predicted octanol–water partition coefficient (Wildman–Crippen LogP) is 4.82. The molecule has 0 radical (unpaired) electrons. The average Bonchev–Trinajstić information content (AvgIpc) is 3.26. The van der Waals surface area contributed by atoms with Crippen molar-refractivity contribution in [1.29, 1.82) is 0 Å². The Hall–Kier alpha value is -3.81. The van der Waals surface area contributed by atoms with E-state index in [0.29, 0.717) is 23.4 Å². The molecule has 1 fully saturated rings. The van der Waals surface area contributed by atoms with Crippen molar-refractivity contribution in [2.45, 2.75) is 19.3 Å². The number of nitrogen functional groups attached to an aromatic ring is 1. The molecule has 0 aliphatic carbocycles. The SMILES string of the molecule is C1CCOCC1.C=CC=O.CNC.N/C(=C\c1c(-c2ccccc2)c[nH]c1N)c1ccccc1O. The van der Waals surface area contributed by atoms with Crippen LogP contribution in [0.4, 0.5) is 5.82 Å². The van der Waals surface area contributed by atoms with Gasteiger partial charge in [-0.25, -0.2) is 0 Å². The van der Waals surface area contributed by atoms with Gasteiger partial charge in [0.25, 0.3) is 0 Å². The second-order valence-corrected chi connectivity index (χ2v) is 7.56. The Morgan fingerprint density at radius 2 is 1.63 bits per heavy atom. The highest BCUT2D eigenvalue weighted by Gasteiger charge is 2.11. The number of nitrogens with two attached hydrogens (primary N) is 2. The summed E-state index contributed by atoms with van der Waals surface area (Å²) in [7, 11) is 3.75. The molecule has 0 unspecified atom stereocenters. The molecule has 0 amide bonds. The van der Waals surface area contributed by atoms with E-state index in [1.54, 1.807) is 24.3 Å². The number of H-pyrrole nitrogens is 1. The fourth-order valence-corrected chi connectivity index (χ4v) is 3.10. The fourth-order valence-electron chi connectivity index (χ4n) is 3.10. The molecular weight excluding hydrogens is 440 g/mol. The van der Waals surface area contributed by atoms with Crippen LogP contribution in [0.25, 0.3) is 22.9 Å². The smallest absolute Gasteiger partial charge is 0.142 e. The van der Waals surface area contributed by atoms with E-state index in [1.165, 1.54) is 25.3 Å². The topological polar surface area (TPSA) is 126 Å². The molecule has 4 rings (SSSR count). The standard InChI is InChI=1S/C18H17N3O.C5H10O.C3H4O.C2H7N/c19-16(13-8-4-5-9-17(13)22)10-14-15(11-21-18(14)20)12-6-2-1-3-7-12;1-2-4-6-5-3-1;1-2-3-4;1-3-2/h1-11,21-22H,19-20H2;1-5H2;2-3H,1H2;3H,1-2H3/b16-10-;;;. The van der Waals surface area contributed by atoms with Crippen LogP contribution in [0.1, 0.15) is 30.4 Å². The number of allylic oxidation sites excluding steroid dienone is 1. The minimum Gasteiger partial charge on any atom is -0.507 e. The monoisotopic (exact) mass is 478 g/mol. The van der Waals surface area contributed by atoms with Gasteiger partial charge in [-0.15, -0.1) is 0 Å². The molecule has 2 heterocycles. The van der Waals surface area contributed by atoms with Gasteiger partial charge >= 0.3 is 0 Å². The summed E-state index contributed by atoms with van der Waals surface area (Å²) in [4.78, 5) is 12.1. The first kappa shape index (κ1) is 29.2. The van der Waals surface area contributed by atoms with Crippen LogP contribution in [0.5, 0.6) is 5.75 Å². The number of ether oxygens (including phenoxy) is 1. The van der Waals surface area contributed by atoms with Crippen molar-refractivity contribution in [1.82, 2.24) is 10.3 Å². The number of carbonyl (C=O) groups is 1. The second kappa shape index (κ2) is 17.6. The molecule has 1 aliphatic heterocycles. The lowest BCUT2D eigenvalue weighted by Gasteiger charge is -2.08. The molecule has 1 aromatic heterocycles. The molecule has 35 heavy (non-hydrogen) atoms. The summed E-state index contributed by atoms with van der Waals surface area (Å²) in [5.41, 5.74) is 16.0. The van der Waals surface area contributed by atoms with Gasteiger partial charge < -0.3 is 31.6 Å². The van der Waals surface area contributed by atoms with Gasteiger partial charge in [0.15, 0.2) is 0 Å². The molecular formula is C28H38N4O3. The van der Waals surface area contributed by atoms with Crippen LogP contribution in [0.15, 0.2) is 73.4 Å². The summed E-state index contributed by atoms with van der Waals surface area (Å²) in [6.07, 6.45) is 9.40. The van der Waals surface area contributed by atoms with Crippen molar-refractivity contribution < 1.29 is 14.6 Å². The van der Waals surface area contributed by atoms with Gasteiger partial charge in [0, 0.05) is 41.8 Å². The largest absolute Gasteiger partial charge is 0.507 e. The first-order valence-electron chi connectivity index (χ1n) is 11.5. The van der Waals surface area contributed by atoms with Crippen molar-refractivity contribution >= 4 is 23.9 Å². The van der Waals surface area contributed by atoms with Gasteiger partial charge in [-0.3, -0.25) is 4.79 Å². The fraction of sp³-hybridized carbons (Fsp3) is 0.250. The van der Waals surface area contributed by atoms with E-state index in [1.807, 2.05) is 56.7 Å². The number of hydrogen-bond acceptors (Lipinski definition) is 6. The van der Waals surface area contributed by atoms with Gasteiger partial charge in [0.05, 0.1) is 0 Å². The molecule has 188 valence electrons. The van der Waals surface area contributed by atoms with Crippen molar-refractivity contribution in [2.75, 3.05) is 33.0 Å². The number of aromatic hydroxyl groups is 1. The Morgan fingerprint density at radius 3 is 2.11 bits per heavy atom. The van der Waals surface area contributed by atoms with E-state index in [2.05, 4.69) is 16.9 Å². The minimum atomic E-state index is 0.145. The molecule has 1 saturated heterocycles. The molecule has 2 aromatic carbocycles.